The molecule has 2 rings (SSSR count). The molecule has 28 heavy (non-hydrogen) atoms. The van der Waals surface area contributed by atoms with E-state index < -0.39 is 5.60 Å². The summed E-state index contributed by atoms with van der Waals surface area (Å²) >= 11 is 1.79. The molecule has 1 unspecified atom stereocenters. The number of alkyl carbamates (subject to hydrolysis) is 1. The van der Waals surface area contributed by atoms with Crippen LogP contribution in [-0.2, 0) is 4.74 Å². The Kier molecular flexibility index (Phi) is 10.6. The Morgan fingerprint density at radius 3 is 2.36 bits per heavy atom. The molecule has 6 nitrogen and oxygen atoms in total. The fraction of sp³-hybridized carbons (Fsp3) is 0.700. The lowest BCUT2D eigenvalue weighted by atomic mass is 9.91. The van der Waals surface area contributed by atoms with Gasteiger partial charge in [0.25, 0.3) is 0 Å². The van der Waals surface area contributed by atoms with Gasteiger partial charge in [0.1, 0.15) is 5.60 Å². The van der Waals surface area contributed by atoms with Gasteiger partial charge in [0.15, 0.2) is 5.96 Å². The van der Waals surface area contributed by atoms with Crippen molar-refractivity contribution in [1.29, 1.82) is 0 Å². The van der Waals surface area contributed by atoms with E-state index in [1.807, 2.05) is 20.8 Å². The number of nitrogens with one attached hydrogen (secondary N) is 3. The molecule has 1 aromatic heterocycles. The number of hydrogen-bond acceptors (Lipinski definition) is 4. The van der Waals surface area contributed by atoms with Gasteiger partial charge in [0, 0.05) is 36.5 Å². The highest BCUT2D eigenvalue weighted by Crippen LogP contribution is 2.21. The van der Waals surface area contributed by atoms with Crippen molar-refractivity contribution in [2.24, 2.45) is 4.99 Å². The van der Waals surface area contributed by atoms with Crippen LogP contribution in [0.5, 0.6) is 0 Å². The van der Waals surface area contributed by atoms with Crippen molar-refractivity contribution >= 4 is 47.4 Å². The predicted molar refractivity (Wildman–Crippen MR) is 128 cm³/mol. The Morgan fingerprint density at radius 1 is 1.25 bits per heavy atom. The maximum atomic E-state index is 11.9. The quantitative estimate of drug-likeness (QED) is 0.303. The van der Waals surface area contributed by atoms with Gasteiger partial charge >= 0.3 is 6.09 Å². The summed E-state index contributed by atoms with van der Waals surface area (Å²) in [6.45, 7) is 8.72. The van der Waals surface area contributed by atoms with Crippen molar-refractivity contribution in [2.75, 3.05) is 13.6 Å². The Balaban J connectivity index is 0.00000392. The van der Waals surface area contributed by atoms with Gasteiger partial charge < -0.3 is 20.7 Å². The van der Waals surface area contributed by atoms with Crippen LogP contribution in [0, 0.1) is 0 Å². The predicted octanol–water partition coefficient (Wildman–Crippen LogP) is 4.47. The van der Waals surface area contributed by atoms with Crippen LogP contribution < -0.4 is 16.0 Å². The summed E-state index contributed by atoms with van der Waals surface area (Å²) < 4.78 is 5.34. The molecule has 1 saturated carbocycles. The molecular weight excluding hydrogens is 487 g/mol. The van der Waals surface area contributed by atoms with E-state index in [0.717, 1.165) is 38.2 Å². The molecular formula is C20H35IN4O2S. The van der Waals surface area contributed by atoms with Crippen molar-refractivity contribution in [3.8, 4) is 0 Å². The van der Waals surface area contributed by atoms with Crippen molar-refractivity contribution in [3.63, 3.8) is 0 Å². The van der Waals surface area contributed by atoms with E-state index in [1.54, 1.807) is 18.4 Å². The van der Waals surface area contributed by atoms with Gasteiger partial charge in [-0.15, -0.1) is 35.3 Å². The second-order valence-electron chi connectivity index (χ2n) is 8.21. The van der Waals surface area contributed by atoms with E-state index in [9.17, 15) is 4.79 Å². The lowest BCUT2D eigenvalue weighted by Crippen LogP contribution is -2.48. The van der Waals surface area contributed by atoms with Crippen LogP contribution in [0.3, 0.4) is 0 Å². The molecule has 8 heteroatoms. The largest absolute Gasteiger partial charge is 0.444 e. The van der Waals surface area contributed by atoms with Gasteiger partial charge in [0.05, 0.1) is 0 Å². The second-order valence-corrected chi connectivity index (χ2v) is 9.19. The molecule has 0 aromatic carbocycles. The number of hydrogen-bond donors (Lipinski definition) is 3. The van der Waals surface area contributed by atoms with Crippen LogP contribution >= 0.6 is 35.3 Å². The summed E-state index contributed by atoms with van der Waals surface area (Å²) in [5, 5.41) is 12.0. The second kappa shape index (κ2) is 11.8. The topological polar surface area (TPSA) is 74.8 Å². The highest BCUT2D eigenvalue weighted by atomic mass is 127. The third-order valence-electron chi connectivity index (χ3n) is 4.62. The van der Waals surface area contributed by atoms with Crippen LogP contribution in [0.25, 0.3) is 0 Å². The minimum absolute atomic E-state index is 0. The van der Waals surface area contributed by atoms with E-state index in [-0.39, 0.29) is 36.1 Å². The van der Waals surface area contributed by atoms with Crippen molar-refractivity contribution in [3.05, 3.63) is 22.4 Å². The molecule has 0 spiro atoms. The number of amides is 1. The molecule has 3 N–H and O–H groups in total. The van der Waals surface area contributed by atoms with Gasteiger partial charge in [-0.25, -0.2) is 4.79 Å². The van der Waals surface area contributed by atoms with Gasteiger partial charge in [-0.05, 0) is 57.9 Å². The number of halogens is 1. The van der Waals surface area contributed by atoms with Gasteiger partial charge in [-0.3, -0.25) is 4.99 Å². The molecule has 0 radical (unpaired) electrons. The fourth-order valence-corrected chi connectivity index (χ4v) is 3.95. The zero-order valence-electron chi connectivity index (χ0n) is 17.6. The van der Waals surface area contributed by atoms with E-state index in [0.29, 0.717) is 12.0 Å². The summed E-state index contributed by atoms with van der Waals surface area (Å²) in [7, 11) is 1.81. The lowest BCUT2D eigenvalue weighted by molar-refractivity contribution is 0.0490. The Hall–Kier alpha value is -1.03. The number of aliphatic imine (C=N–C) groups is 1. The summed E-state index contributed by atoms with van der Waals surface area (Å²) in [4.78, 5) is 17.6. The van der Waals surface area contributed by atoms with Crippen LogP contribution in [0.1, 0.15) is 64.2 Å². The van der Waals surface area contributed by atoms with E-state index in [4.69, 9.17) is 4.74 Å². The van der Waals surface area contributed by atoms with E-state index in [1.165, 1.54) is 4.88 Å². The number of carbonyl (C=O) groups excluding carboxylic acids is 1. The van der Waals surface area contributed by atoms with E-state index in [2.05, 4.69) is 45.4 Å². The third-order valence-corrected chi connectivity index (χ3v) is 5.72. The molecule has 1 aromatic rings. The third kappa shape index (κ3) is 8.98. The lowest BCUT2D eigenvalue weighted by Gasteiger charge is -2.31. The Morgan fingerprint density at radius 2 is 1.86 bits per heavy atom. The average Bonchev–Trinajstić information content (AvgIpc) is 3.12. The van der Waals surface area contributed by atoms with Crippen LogP contribution in [0.15, 0.2) is 22.5 Å². The van der Waals surface area contributed by atoms with Crippen LogP contribution in [0.4, 0.5) is 4.79 Å². The normalized spacial score (nSPS) is 21.2. The molecule has 1 atom stereocenters. The molecule has 1 aliphatic carbocycles. The van der Waals surface area contributed by atoms with Crippen molar-refractivity contribution in [1.82, 2.24) is 16.0 Å². The zero-order chi connectivity index (χ0) is 19.9. The Labute approximate surface area is 190 Å². The standard InChI is InChI=1S/C20H34N4O2S.HI/c1-14(17-7-6-12-27-17)13-22-18(21-5)23-15-8-10-16(11-9-15)24-19(25)26-20(2,3)4;/h6-7,12,14-16H,8-11,13H2,1-5H3,(H,24,25)(H2,21,22,23);1H. The molecule has 0 saturated heterocycles. The maximum absolute atomic E-state index is 11.9. The van der Waals surface area contributed by atoms with Gasteiger partial charge in [-0.1, -0.05) is 13.0 Å². The molecule has 1 aliphatic rings. The first-order valence-electron chi connectivity index (χ1n) is 9.77. The zero-order valence-corrected chi connectivity index (χ0v) is 20.7. The minimum atomic E-state index is -0.457. The molecule has 1 amide bonds. The van der Waals surface area contributed by atoms with Gasteiger partial charge in [-0.2, -0.15) is 0 Å². The highest BCUT2D eigenvalue weighted by Gasteiger charge is 2.25. The first kappa shape index (κ1) is 25.0. The van der Waals surface area contributed by atoms with Crippen LogP contribution in [0.2, 0.25) is 0 Å². The summed E-state index contributed by atoms with van der Waals surface area (Å²) in [6.07, 6.45) is 3.57. The number of carbonyl (C=O) groups is 1. The molecule has 160 valence electrons. The number of rotatable bonds is 5. The first-order valence-corrected chi connectivity index (χ1v) is 10.6. The summed E-state index contributed by atoms with van der Waals surface area (Å²) in [6, 6.07) is 4.83. The van der Waals surface area contributed by atoms with Crippen LogP contribution in [-0.4, -0.2) is 43.3 Å². The maximum Gasteiger partial charge on any atom is 0.407 e. The molecule has 0 aliphatic heterocycles. The monoisotopic (exact) mass is 522 g/mol. The number of thiophene rings is 1. The fourth-order valence-electron chi connectivity index (χ4n) is 3.17. The average molecular weight is 522 g/mol. The van der Waals surface area contributed by atoms with Gasteiger partial charge in [0.2, 0.25) is 0 Å². The van der Waals surface area contributed by atoms with E-state index >= 15 is 0 Å². The number of guanidine groups is 1. The number of ether oxygens (including phenoxy) is 1. The Bertz CT molecular complexity index is 608. The first-order chi connectivity index (χ1) is 12.8. The van der Waals surface area contributed by atoms with Crippen molar-refractivity contribution in [2.45, 2.75) is 77.0 Å². The minimum Gasteiger partial charge on any atom is -0.444 e. The number of nitrogens with zero attached hydrogens (tertiary/aromatic N) is 1. The summed E-state index contributed by atoms with van der Waals surface area (Å²) in [5.41, 5.74) is -0.457. The molecule has 1 heterocycles. The van der Waals surface area contributed by atoms with Crippen molar-refractivity contribution < 1.29 is 9.53 Å². The highest BCUT2D eigenvalue weighted by molar-refractivity contribution is 14.0. The smallest absolute Gasteiger partial charge is 0.407 e. The molecule has 1 fully saturated rings. The summed E-state index contributed by atoms with van der Waals surface area (Å²) in [5.74, 6) is 1.30. The SMILES string of the molecule is CN=C(NCC(C)c1cccs1)NC1CCC(NC(=O)OC(C)(C)C)CC1.I. The molecule has 0 bridgehead atoms.